The molecule has 6 heteroatoms. The number of alkyl halides is 3. The third-order valence-electron chi connectivity index (χ3n) is 2.76. The molecule has 1 heterocycles. The first-order valence-electron chi connectivity index (χ1n) is 6.50. The van der Waals surface area contributed by atoms with E-state index in [9.17, 15) is 13.2 Å². The molecule has 0 amide bonds. The van der Waals surface area contributed by atoms with Crippen molar-refractivity contribution in [2.75, 3.05) is 6.54 Å². The van der Waals surface area contributed by atoms with E-state index in [4.69, 9.17) is 4.74 Å². The van der Waals surface area contributed by atoms with Crippen LogP contribution in [0.4, 0.5) is 13.2 Å². The number of hydrogen-bond donors (Lipinski definition) is 1. The van der Waals surface area contributed by atoms with Crippen LogP contribution in [0.2, 0.25) is 0 Å². The van der Waals surface area contributed by atoms with Crippen molar-refractivity contribution >= 4 is 0 Å². The molecule has 1 aromatic carbocycles. The Bertz CT molecular complexity index is 582. The molecule has 0 fully saturated rings. The normalized spacial score (nSPS) is 11.4. The van der Waals surface area contributed by atoms with E-state index in [2.05, 4.69) is 10.3 Å². The average molecular weight is 296 g/mol. The second-order valence-electron chi connectivity index (χ2n) is 4.39. The number of aromatic nitrogens is 1. The fourth-order valence-corrected chi connectivity index (χ4v) is 1.72. The molecule has 2 aromatic rings. The van der Waals surface area contributed by atoms with Gasteiger partial charge in [0.1, 0.15) is 11.5 Å². The quantitative estimate of drug-likeness (QED) is 0.905. The lowest BCUT2D eigenvalue weighted by Gasteiger charge is -2.09. The number of halogens is 3. The molecular weight excluding hydrogens is 281 g/mol. The van der Waals surface area contributed by atoms with Crippen LogP contribution in [-0.2, 0) is 12.7 Å². The lowest BCUT2D eigenvalue weighted by molar-refractivity contribution is -0.137. The van der Waals surface area contributed by atoms with E-state index in [1.807, 2.05) is 6.92 Å². The Hall–Kier alpha value is -2.08. The Balaban J connectivity index is 2.07. The number of nitrogens with one attached hydrogen (secondary N) is 1. The van der Waals surface area contributed by atoms with Gasteiger partial charge in [0.05, 0.1) is 11.3 Å². The highest BCUT2D eigenvalue weighted by molar-refractivity contribution is 5.34. The summed E-state index contributed by atoms with van der Waals surface area (Å²) in [6.07, 6.45) is -2.74. The molecular formula is C15H15F3N2O. The van der Waals surface area contributed by atoms with E-state index >= 15 is 0 Å². The molecule has 0 atom stereocenters. The molecule has 2 rings (SSSR count). The molecule has 3 nitrogen and oxygen atoms in total. The highest BCUT2D eigenvalue weighted by atomic mass is 19.4. The zero-order chi connectivity index (χ0) is 15.3. The third kappa shape index (κ3) is 4.46. The number of benzene rings is 1. The number of nitrogens with zero attached hydrogens (tertiary/aromatic N) is 1. The number of pyridine rings is 1. The molecule has 0 bridgehead atoms. The summed E-state index contributed by atoms with van der Waals surface area (Å²) >= 11 is 0. The standard InChI is InChI=1S/C15H15F3N2O/c1-2-19-10-12-9-14(7-8-20-12)21-13-5-3-11(4-6-13)15(16,17)18/h3-9,19H,2,10H2,1H3. The minimum absolute atomic E-state index is 0.351. The van der Waals surface area contributed by atoms with Crippen LogP contribution in [0.25, 0.3) is 0 Å². The first-order valence-corrected chi connectivity index (χ1v) is 6.50. The van der Waals surface area contributed by atoms with Crippen molar-refractivity contribution in [3.63, 3.8) is 0 Å². The molecule has 0 radical (unpaired) electrons. The molecule has 0 saturated carbocycles. The van der Waals surface area contributed by atoms with Crippen molar-refractivity contribution in [1.29, 1.82) is 0 Å². The summed E-state index contributed by atoms with van der Waals surface area (Å²) in [5, 5.41) is 3.14. The predicted molar refractivity (Wildman–Crippen MR) is 73.1 cm³/mol. The van der Waals surface area contributed by atoms with Gasteiger partial charge in [-0.3, -0.25) is 4.98 Å². The summed E-state index contributed by atoms with van der Waals surface area (Å²) in [6.45, 7) is 3.43. The highest BCUT2D eigenvalue weighted by Gasteiger charge is 2.30. The van der Waals surface area contributed by atoms with Gasteiger partial charge in [0.15, 0.2) is 0 Å². The van der Waals surface area contributed by atoms with Gasteiger partial charge in [0, 0.05) is 18.8 Å². The first-order chi connectivity index (χ1) is 9.99. The molecule has 112 valence electrons. The Kier molecular flexibility index (Phi) is 4.80. The predicted octanol–water partition coefficient (Wildman–Crippen LogP) is 4.00. The van der Waals surface area contributed by atoms with Crippen LogP contribution in [-0.4, -0.2) is 11.5 Å². The smallest absolute Gasteiger partial charge is 0.416 e. The Morgan fingerprint density at radius 3 is 2.43 bits per heavy atom. The minimum atomic E-state index is -4.34. The summed E-state index contributed by atoms with van der Waals surface area (Å²) in [5.41, 5.74) is 0.110. The van der Waals surface area contributed by atoms with E-state index in [1.54, 1.807) is 18.3 Å². The first kappa shape index (κ1) is 15.3. The molecule has 1 N–H and O–H groups in total. The molecule has 1 aromatic heterocycles. The fourth-order valence-electron chi connectivity index (χ4n) is 1.72. The molecule has 0 aliphatic rings. The van der Waals surface area contributed by atoms with Crippen molar-refractivity contribution in [2.24, 2.45) is 0 Å². The molecule has 0 aliphatic carbocycles. The number of ether oxygens (including phenoxy) is 1. The maximum Gasteiger partial charge on any atom is 0.416 e. The van der Waals surface area contributed by atoms with Gasteiger partial charge in [0.25, 0.3) is 0 Å². The fraction of sp³-hybridized carbons (Fsp3) is 0.267. The van der Waals surface area contributed by atoms with E-state index in [0.29, 0.717) is 18.0 Å². The van der Waals surface area contributed by atoms with Crippen LogP contribution in [0.1, 0.15) is 18.2 Å². The summed E-state index contributed by atoms with van der Waals surface area (Å²) in [7, 11) is 0. The second-order valence-corrected chi connectivity index (χ2v) is 4.39. The summed E-state index contributed by atoms with van der Waals surface area (Å²) in [4.78, 5) is 4.17. The third-order valence-corrected chi connectivity index (χ3v) is 2.76. The summed E-state index contributed by atoms with van der Waals surface area (Å²) in [6, 6.07) is 8.00. The van der Waals surface area contributed by atoms with Crippen LogP contribution in [0.5, 0.6) is 11.5 Å². The van der Waals surface area contributed by atoms with Crippen molar-refractivity contribution in [3.05, 3.63) is 53.9 Å². The van der Waals surface area contributed by atoms with E-state index in [0.717, 1.165) is 24.4 Å². The monoisotopic (exact) mass is 296 g/mol. The Morgan fingerprint density at radius 1 is 1.10 bits per heavy atom. The molecule has 0 unspecified atom stereocenters. The van der Waals surface area contributed by atoms with Crippen LogP contribution < -0.4 is 10.1 Å². The SMILES string of the molecule is CCNCc1cc(Oc2ccc(C(F)(F)F)cc2)ccn1. The number of hydrogen-bond acceptors (Lipinski definition) is 3. The van der Waals surface area contributed by atoms with Gasteiger partial charge >= 0.3 is 6.18 Å². The molecule has 0 spiro atoms. The zero-order valence-corrected chi connectivity index (χ0v) is 11.4. The van der Waals surface area contributed by atoms with Crippen LogP contribution in [0.15, 0.2) is 42.6 Å². The lowest BCUT2D eigenvalue weighted by Crippen LogP contribution is -2.12. The molecule has 0 saturated heterocycles. The number of rotatable bonds is 5. The van der Waals surface area contributed by atoms with Crippen LogP contribution in [0.3, 0.4) is 0 Å². The molecule has 21 heavy (non-hydrogen) atoms. The highest BCUT2D eigenvalue weighted by Crippen LogP contribution is 2.31. The van der Waals surface area contributed by atoms with Gasteiger partial charge in [-0.1, -0.05) is 6.92 Å². The lowest BCUT2D eigenvalue weighted by atomic mass is 10.2. The van der Waals surface area contributed by atoms with Crippen molar-refractivity contribution in [2.45, 2.75) is 19.6 Å². The summed E-state index contributed by atoms with van der Waals surface area (Å²) in [5.74, 6) is 0.890. The minimum Gasteiger partial charge on any atom is -0.457 e. The Morgan fingerprint density at radius 2 is 1.81 bits per heavy atom. The largest absolute Gasteiger partial charge is 0.457 e. The maximum atomic E-state index is 12.5. The topological polar surface area (TPSA) is 34.1 Å². The van der Waals surface area contributed by atoms with Crippen LogP contribution >= 0.6 is 0 Å². The maximum absolute atomic E-state index is 12.5. The van der Waals surface area contributed by atoms with Crippen molar-refractivity contribution < 1.29 is 17.9 Å². The van der Waals surface area contributed by atoms with Gasteiger partial charge in [-0.05, 0) is 36.9 Å². The van der Waals surface area contributed by atoms with Gasteiger partial charge < -0.3 is 10.1 Å². The van der Waals surface area contributed by atoms with E-state index in [1.165, 1.54) is 12.1 Å². The average Bonchev–Trinajstić information content (AvgIpc) is 2.45. The van der Waals surface area contributed by atoms with Crippen molar-refractivity contribution in [1.82, 2.24) is 10.3 Å². The van der Waals surface area contributed by atoms with Gasteiger partial charge in [-0.25, -0.2) is 0 Å². The zero-order valence-electron chi connectivity index (χ0n) is 11.4. The Labute approximate surface area is 120 Å². The van der Waals surface area contributed by atoms with Gasteiger partial charge in [-0.2, -0.15) is 13.2 Å². The van der Waals surface area contributed by atoms with Crippen LogP contribution in [0, 0.1) is 0 Å². The van der Waals surface area contributed by atoms with E-state index in [-0.39, 0.29) is 0 Å². The second kappa shape index (κ2) is 6.58. The van der Waals surface area contributed by atoms with Gasteiger partial charge in [-0.15, -0.1) is 0 Å². The summed E-state index contributed by atoms with van der Waals surface area (Å²) < 4.78 is 42.9. The molecule has 0 aliphatic heterocycles. The van der Waals surface area contributed by atoms with Crippen molar-refractivity contribution in [3.8, 4) is 11.5 Å². The van der Waals surface area contributed by atoms with Gasteiger partial charge in [0.2, 0.25) is 0 Å². The van der Waals surface area contributed by atoms with E-state index < -0.39 is 11.7 Å².